The van der Waals surface area contributed by atoms with Crippen LogP contribution in [-0.2, 0) is 0 Å². The molecular formula is C19H26N2O. The van der Waals surface area contributed by atoms with Gasteiger partial charge in [0.15, 0.2) is 0 Å². The number of hydrogen-bond acceptors (Lipinski definition) is 2. The third-order valence-electron chi connectivity index (χ3n) is 5.62. The van der Waals surface area contributed by atoms with Crippen LogP contribution in [0.25, 0.3) is 0 Å². The lowest BCUT2D eigenvalue weighted by Crippen LogP contribution is -2.45. The smallest absolute Gasteiger partial charge is 0.254 e. The maximum atomic E-state index is 13.3. The summed E-state index contributed by atoms with van der Waals surface area (Å²) < 4.78 is 0. The molecule has 1 heterocycles. The molecule has 3 nitrogen and oxygen atoms in total. The first-order chi connectivity index (χ1) is 10.8. The molecule has 2 aliphatic carbocycles. The zero-order chi connectivity index (χ0) is 14.9. The van der Waals surface area contributed by atoms with E-state index in [0.717, 1.165) is 37.5 Å². The summed E-state index contributed by atoms with van der Waals surface area (Å²) in [6, 6.07) is 8.71. The van der Waals surface area contributed by atoms with Gasteiger partial charge >= 0.3 is 0 Å². The molecule has 3 aliphatic rings. The van der Waals surface area contributed by atoms with Crippen LogP contribution in [0.1, 0.15) is 60.4 Å². The zero-order valence-corrected chi connectivity index (χ0v) is 13.3. The molecule has 1 aliphatic heterocycles. The second-order valence-corrected chi connectivity index (χ2v) is 7.26. The lowest BCUT2D eigenvalue weighted by Gasteiger charge is -2.36. The molecule has 1 N–H and O–H groups in total. The minimum Gasteiger partial charge on any atom is -0.334 e. The van der Waals surface area contributed by atoms with E-state index in [4.69, 9.17) is 0 Å². The maximum absolute atomic E-state index is 13.3. The van der Waals surface area contributed by atoms with Gasteiger partial charge in [-0.05, 0) is 62.1 Å². The van der Waals surface area contributed by atoms with Crippen molar-refractivity contribution < 1.29 is 4.79 Å². The predicted molar refractivity (Wildman–Crippen MR) is 88.1 cm³/mol. The number of hydrogen-bond donors (Lipinski definition) is 1. The molecule has 22 heavy (non-hydrogen) atoms. The fourth-order valence-electron chi connectivity index (χ4n) is 3.85. The topological polar surface area (TPSA) is 32.3 Å². The van der Waals surface area contributed by atoms with Gasteiger partial charge in [-0.15, -0.1) is 0 Å². The summed E-state index contributed by atoms with van der Waals surface area (Å²) in [6.07, 6.45) is 7.54. The van der Waals surface area contributed by atoms with E-state index in [1.54, 1.807) is 0 Å². The van der Waals surface area contributed by atoms with Crippen LogP contribution < -0.4 is 5.32 Å². The van der Waals surface area contributed by atoms with E-state index in [0.29, 0.717) is 12.0 Å². The van der Waals surface area contributed by atoms with Crippen molar-refractivity contribution in [1.82, 2.24) is 10.2 Å². The molecule has 0 bridgehead atoms. The molecule has 1 aromatic rings. The minimum absolute atomic E-state index is 0.281. The number of amides is 1. The van der Waals surface area contributed by atoms with Gasteiger partial charge in [-0.1, -0.05) is 24.6 Å². The fraction of sp³-hybridized carbons (Fsp3) is 0.632. The Morgan fingerprint density at radius 2 is 1.95 bits per heavy atom. The van der Waals surface area contributed by atoms with E-state index in [2.05, 4.69) is 22.3 Å². The molecule has 1 amide bonds. The van der Waals surface area contributed by atoms with Gasteiger partial charge in [0.1, 0.15) is 0 Å². The summed E-state index contributed by atoms with van der Waals surface area (Å²) in [7, 11) is 0. The molecule has 3 fully saturated rings. The largest absolute Gasteiger partial charge is 0.334 e. The van der Waals surface area contributed by atoms with Crippen LogP contribution in [0, 0.1) is 5.92 Å². The highest BCUT2D eigenvalue weighted by Gasteiger charge is 2.34. The van der Waals surface area contributed by atoms with E-state index in [9.17, 15) is 4.79 Å². The average Bonchev–Trinajstić information content (AvgIpc) is 3.21. The summed E-state index contributed by atoms with van der Waals surface area (Å²) in [5.41, 5.74) is 2.26. The van der Waals surface area contributed by atoms with Crippen LogP contribution in [0.15, 0.2) is 24.3 Å². The Kier molecular flexibility index (Phi) is 3.91. The Labute approximate surface area is 133 Å². The minimum atomic E-state index is 0.281. The van der Waals surface area contributed by atoms with Gasteiger partial charge in [0.2, 0.25) is 0 Å². The Balaban J connectivity index is 1.58. The molecular weight excluding hydrogens is 272 g/mol. The average molecular weight is 298 g/mol. The third-order valence-corrected chi connectivity index (χ3v) is 5.62. The fourth-order valence-corrected chi connectivity index (χ4v) is 3.85. The Hall–Kier alpha value is -1.35. The number of nitrogens with zero attached hydrogens (tertiary/aromatic N) is 1. The second kappa shape index (κ2) is 6.04. The molecule has 4 rings (SSSR count). The lowest BCUT2D eigenvalue weighted by atomic mass is 9.84. The molecule has 0 aromatic heterocycles. The van der Waals surface area contributed by atoms with Crippen LogP contribution in [-0.4, -0.2) is 36.5 Å². The predicted octanol–water partition coefficient (Wildman–Crippen LogP) is 3.17. The number of rotatable bonds is 5. The summed E-state index contributed by atoms with van der Waals surface area (Å²) in [4.78, 5) is 15.5. The standard InChI is InChI=1S/C19H26N2O/c22-19(18-7-2-1-6-17(18)15-8-9-15)21(13-14-4-3-5-14)16-10-11-20-12-16/h1-2,6-7,14-16,20H,3-5,8-13H2. The molecule has 0 radical (unpaired) electrons. The summed E-state index contributed by atoms with van der Waals surface area (Å²) in [5.74, 6) is 1.65. The van der Waals surface area contributed by atoms with Gasteiger partial charge < -0.3 is 10.2 Å². The van der Waals surface area contributed by atoms with Crippen LogP contribution in [0.4, 0.5) is 0 Å². The Morgan fingerprint density at radius 3 is 2.59 bits per heavy atom. The molecule has 1 atom stereocenters. The van der Waals surface area contributed by atoms with Crippen LogP contribution in [0.3, 0.4) is 0 Å². The van der Waals surface area contributed by atoms with Crippen LogP contribution in [0.5, 0.6) is 0 Å². The number of carbonyl (C=O) groups is 1. The van der Waals surface area contributed by atoms with Crippen molar-refractivity contribution in [3.8, 4) is 0 Å². The molecule has 2 saturated carbocycles. The maximum Gasteiger partial charge on any atom is 0.254 e. The highest BCUT2D eigenvalue weighted by atomic mass is 16.2. The van der Waals surface area contributed by atoms with Gasteiger partial charge in [-0.3, -0.25) is 4.79 Å². The first-order valence-corrected chi connectivity index (χ1v) is 8.93. The van der Waals surface area contributed by atoms with Crippen molar-refractivity contribution in [2.24, 2.45) is 5.92 Å². The van der Waals surface area contributed by atoms with Crippen LogP contribution >= 0.6 is 0 Å². The Morgan fingerprint density at radius 1 is 1.14 bits per heavy atom. The van der Waals surface area contributed by atoms with E-state index in [-0.39, 0.29) is 5.91 Å². The zero-order valence-electron chi connectivity index (χ0n) is 13.3. The second-order valence-electron chi connectivity index (χ2n) is 7.26. The quantitative estimate of drug-likeness (QED) is 0.905. The highest BCUT2D eigenvalue weighted by Crippen LogP contribution is 2.42. The molecule has 1 unspecified atom stereocenters. The number of nitrogens with one attached hydrogen (secondary N) is 1. The van der Waals surface area contributed by atoms with Crippen molar-refractivity contribution in [3.05, 3.63) is 35.4 Å². The molecule has 1 saturated heterocycles. The molecule has 0 spiro atoms. The van der Waals surface area contributed by atoms with E-state index >= 15 is 0 Å². The van der Waals surface area contributed by atoms with Crippen molar-refractivity contribution in [2.75, 3.05) is 19.6 Å². The van der Waals surface area contributed by atoms with Crippen molar-refractivity contribution in [2.45, 2.75) is 50.5 Å². The van der Waals surface area contributed by atoms with E-state index in [1.165, 1.54) is 37.7 Å². The van der Waals surface area contributed by atoms with Crippen molar-refractivity contribution in [1.29, 1.82) is 0 Å². The van der Waals surface area contributed by atoms with E-state index in [1.807, 2.05) is 12.1 Å². The lowest BCUT2D eigenvalue weighted by molar-refractivity contribution is 0.0614. The van der Waals surface area contributed by atoms with Gasteiger partial charge in [0.25, 0.3) is 5.91 Å². The number of benzene rings is 1. The highest BCUT2D eigenvalue weighted by molar-refractivity contribution is 5.96. The van der Waals surface area contributed by atoms with Gasteiger partial charge in [0.05, 0.1) is 0 Å². The third kappa shape index (κ3) is 2.79. The van der Waals surface area contributed by atoms with E-state index < -0.39 is 0 Å². The SMILES string of the molecule is O=C(c1ccccc1C1CC1)N(CC1CCC1)C1CCNC1. The summed E-state index contributed by atoms with van der Waals surface area (Å²) in [6.45, 7) is 2.97. The normalized spacial score (nSPS) is 25.0. The van der Waals surface area contributed by atoms with Crippen LogP contribution in [0.2, 0.25) is 0 Å². The van der Waals surface area contributed by atoms with Gasteiger partial charge in [0, 0.05) is 24.7 Å². The summed E-state index contributed by atoms with van der Waals surface area (Å²) in [5, 5.41) is 3.42. The van der Waals surface area contributed by atoms with Gasteiger partial charge in [-0.25, -0.2) is 0 Å². The Bertz CT molecular complexity index is 542. The molecule has 1 aromatic carbocycles. The number of carbonyl (C=O) groups excluding carboxylic acids is 1. The summed E-state index contributed by atoms with van der Waals surface area (Å²) >= 11 is 0. The first kappa shape index (κ1) is 14.3. The molecule has 118 valence electrons. The first-order valence-electron chi connectivity index (χ1n) is 8.93. The molecule has 3 heteroatoms. The van der Waals surface area contributed by atoms with Crippen molar-refractivity contribution >= 4 is 5.91 Å². The monoisotopic (exact) mass is 298 g/mol. The van der Waals surface area contributed by atoms with Crippen molar-refractivity contribution in [3.63, 3.8) is 0 Å². The van der Waals surface area contributed by atoms with Gasteiger partial charge in [-0.2, -0.15) is 0 Å².